The van der Waals surface area contributed by atoms with Crippen molar-refractivity contribution in [2.24, 2.45) is 0 Å². The molecular weight excluding hydrogens is 416 g/mol. The Hall–Kier alpha value is -3.40. The Morgan fingerprint density at radius 1 is 1.10 bits per heavy atom. The standard InChI is InChI=1S/C21H10Cl2FN3O2/c22-12-2-5-14(16(23)8-12)21-27-18-9-13(3-6-19(18)29-21)26-20(28)15-4-1-11(10-25)7-17(15)24/h1-9H,(H,26,28). The summed E-state index contributed by atoms with van der Waals surface area (Å²) in [6.45, 7) is 0. The molecule has 0 atom stereocenters. The lowest BCUT2D eigenvalue weighted by Gasteiger charge is -2.06. The van der Waals surface area contributed by atoms with Crippen molar-refractivity contribution in [3.63, 3.8) is 0 Å². The van der Waals surface area contributed by atoms with Crippen LogP contribution in [0, 0.1) is 17.1 Å². The number of halogens is 3. The van der Waals surface area contributed by atoms with E-state index >= 15 is 0 Å². The van der Waals surface area contributed by atoms with E-state index in [4.69, 9.17) is 32.9 Å². The molecule has 1 heterocycles. The Balaban J connectivity index is 1.62. The number of anilines is 1. The lowest BCUT2D eigenvalue weighted by Crippen LogP contribution is -2.13. The van der Waals surface area contributed by atoms with Gasteiger partial charge in [0.15, 0.2) is 5.58 Å². The van der Waals surface area contributed by atoms with E-state index < -0.39 is 11.7 Å². The molecule has 0 aliphatic rings. The predicted molar refractivity (Wildman–Crippen MR) is 109 cm³/mol. The monoisotopic (exact) mass is 425 g/mol. The van der Waals surface area contributed by atoms with Crippen LogP contribution in [0.15, 0.2) is 59.0 Å². The third kappa shape index (κ3) is 3.79. The van der Waals surface area contributed by atoms with Gasteiger partial charge in [-0.2, -0.15) is 5.26 Å². The average Bonchev–Trinajstić information content (AvgIpc) is 3.10. The van der Waals surface area contributed by atoms with Gasteiger partial charge in [0.2, 0.25) is 5.89 Å². The molecule has 0 spiro atoms. The minimum Gasteiger partial charge on any atom is -0.436 e. The molecule has 3 aromatic carbocycles. The van der Waals surface area contributed by atoms with E-state index in [1.165, 1.54) is 12.1 Å². The Kier molecular flexibility index (Phi) is 4.93. The number of aromatic nitrogens is 1. The van der Waals surface area contributed by atoms with Gasteiger partial charge in [-0.15, -0.1) is 0 Å². The smallest absolute Gasteiger partial charge is 0.258 e. The summed E-state index contributed by atoms with van der Waals surface area (Å²) in [6, 6.07) is 15.3. The molecule has 0 aliphatic carbocycles. The maximum Gasteiger partial charge on any atom is 0.258 e. The third-order valence-corrected chi connectivity index (χ3v) is 4.70. The number of fused-ring (bicyclic) bond motifs is 1. The molecule has 1 N–H and O–H groups in total. The second kappa shape index (κ2) is 7.55. The molecule has 5 nitrogen and oxygen atoms in total. The lowest BCUT2D eigenvalue weighted by atomic mass is 10.1. The quantitative estimate of drug-likeness (QED) is 0.432. The number of oxazole rings is 1. The first kappa shape index (κ1) is 18.9. The highest BCUT2D eigenvalue weighted by Gasteiger charge is 2.15. The van der Waals surface area contributed by atoms with Gasteiger partial charge in [0.05, 0.1) is 27.8 Å². The Bertz CT molecular complexity index is 1310. The van der Waals surface area contributed by atoms with E-state index in [9.17, 15) is 9.18 Å². The molecular formula is C21H10Cl2FN3O2. The molecule has 29 heavy (non-hydrogen) atoms. The summed E-state index contributed by atoms with van der Waals surface area (Å²) in [5.74, 6) is -1.11. The van der Waals surface area contributed by atoms with E-state index in [0.717, 1.165) is 6.07 Å². The van der Waals surface area contributed by atoms with E-state index in [1.807, 2.05) is 6.07 Å². The number of carbonyl (C=O) groups is 1. The molecule has 0 bridgehead atoms. The van der Waals surface area contributed by atoms with Crippen molar-refractivity contribution in [1.29, 1.82) is 5.26 Å². The van der Waals surface area contributed by atoms with E-state index in [0.29, 0.717) is 38.3 Å². The zero-order chi connectivity index (χ0) is 20.5. The molecule has 0 aliphatic heterocycles. The number of nitriles is 1. The van der Waals surface area contributed by atoms with Crippen LogP contribution in [0.4, 0.5) is 10.1 Å². The summed E-state index contributed by atoms with van der Waals surface area (Å²) in [7, 11) is 0. The number of nitrogens with one attached hydrogen (secondary N) is 1. The van der Waals surface area contributed by atoms with Crippen molar-refractivity contribution >= 4 is 45.9 Å². The van der Waals surface area contributed by atoms with Crippen molar-refractivity contribution in [2.45, 2.75) is 0 Å². The van der Waals surface area contributed by atoms with E-state index in [1.54, 1.807) is 36.4 Å². The molecule has 4 aromatic rings. The highest BCUT2D eigenvalue weighted by Crippen LogP contribution is 2.32. The second-order valence-corrected chi connectivity index (χ2v) is 6.93. The van der Waals surface area contributed by atoms with Gasteiger partial charge < -0.3 is 9.73 Å². The highest BCUT2D eigenvalue weighted by molar-refractivity contribution is 6.36. The molecule has 8 heteroatoms. The van der Waals surface area contributed by atoms with Crippen molar-refractivity contribution in [1.82, 2.24) is 4.98 Å². The minimum absolute atomic E-state index is 0.136. The normalized spacial score (nSPS) is 10.7. The summed E-state index contributed by atoms with van der Waals surface area (Å²) in [4.78, 5) is 16.8. The molecule has 1 aromatic heterocycles. The number of amides is 1. The van der Waals surface area contributed by atoms with E-state index in [2.05, 4.69) is 10.3 Å². The molecule has 4 rings (SSSR count). The molecule has 0 radical (unpaired) electrons. The van der Waals surface area contributed by atoms with Gasteiger partial charge in [0, 0.05) is 10.7 Å². The van der Waals surface area contributed by atoms with E-state index in [-0.39, 0.29) is 11.1 Å². The van der Waals surface area contributed by atoms with Crippen molar-refractivity contribution in [2.75, 3.05) is 5.32 Å². The summed E-state index contributed by atoms with van der Waals surface area (Å²) in [5, 5.41) is 12.3. The van der Waals surface area contributed by atoms with Gasteiger partial charge in [-0.25, -0.2) is 9.37 Å². The highest BCUT2D eigenvalue weighted by atomic mass is 35.5. The van der Waals surface area contributed by atoms with Crippen LogP contribution >= 0.6 is 23.2 Å². The van der Waals surface area contributed by atoms with Crippen LogP contribution in [-0.4, -0.2) is 10.9 Å². The van der Waals surface area contributed by atoms with Gasteiger partial charge in [0.25, 0.3) is 5.91 Å². The van der Waals surface area contributed by atoms with Crippen LogP contribution in [0.25, 0.3) is 22.6 Å². The zero-order valence-electron chi connectivity index (χ0n) is 14.5. The number of rotatable bonds is 3. The first-order valence-electron chi connectivity index (χ1n) is 8.31. The maximum absolute atomic E-state index is 14.0. The topological polar surface area (TPSA) is 78.9 Å². The Morgan fingerprint density at radius 2 is 1.93 bits per heavy atom. The van der Waals surface area contributed by atoms with Crippen molar-refractivity contribution in [3.05, 3.63) is 81.6 Å². The van der Waals surface area contributed by atoms with Crippen molar-refractivity contribution in [3.8, 4) is 17.5 Å². The fraction of sp³-hybridized carbons (Fsp3) is 0. The number of hydrogen-bond donors (Lipinski definition) is 1. The number of carbonyl (C=O) groups excluding carboxylic acids is 1. The fourth-order valence-corrected chi connectivity index (χ4v) is 3.24. The summed E-state index contributed by atoms with van der Waals surface area (Å²) < 4.78 is 19.8. The van der Waals surface area contributed by atoms with Gasteiger partial charge >= 0.3 is 0 Å². The number of nitrogens with zero attached hydrogens (tertiary/aromatic N) is 2. The summed E-state index contributed by atoms with van der Waals surface area (Å²) in [5.41, 5.74) is 1.94. The van der Waals surface area contributed by atoms with Crippen LogP contribution in [0.3, 0.4) is 0 Å². The average molecular weight is 426 g/mol. The third-order valence-electron chi connectivity index (χ3n) is 4.15. The molecule has 0 fully saturated rings. The second-order valence-electron chi connectivity index (χ2n) is 6.09. The van der Waals surface area contributed by atoms with Gasteiger partial charge in [-0.05, 0) is 54.6 Å². The SMILES string of the molecule is N#Cc1ccc(C(=O)Nc2ccc3oc(-c4ccc(Cl)cc4Cl)nc3c2)c(F)c1. The maximum atomic E-state index is 14.0. The van der Waals surface area contributed by atoms with Gasteiger partial charge in [0.1, 0.15) is 11.3 Å². The predicted octanol–water partition coefficient (Wildman–Crippen LogP) is 6.06. The van der Waals surface area contributed by atoms with Gasteiger partial charge in [-0.3, -0.25) is 4.79 Å². The Labute approximate surface area is 174 Å². The number of benzene rings is 3. The van der Waals surface area contributed by atoms with Crippen LogP contribution in [0.1, 0.15) is 15.9 Å². The summed E-state index contributed by atoms with van der Waals surface area (Å²) in [6.07, 6.45) is 0. The number of hydrogen-bond acceptors (Lipinski definition) is 4. The lowest BCUT2D eigenvalue weighted by molar-refractivity contribution is 0.102. The Morgan fingerprint density at radius 3 is 2.66 bits per heavy atom. The van der Waals surface area contributed by atoms with Crippen molar-refractivity contribution < 1.29 is 13.6 Å². The van der Waals surface area contributed by atoms with Crippen LogP contribution in [0.5, 0.6) is 0 Å². The minimum atomic E-state index is -0.774. The molecule has 142 valence electrons. The first-order valence-corrected chi connectivity index (χ1v) is 9.07. The van der Waals surface area contributed by atoms with Crippen LogP contribution in [-0.2, 0) is 0 Å². The molecule has 1 amide bonds. The zero-order valence-corrected chi connectivity index (χ0v) is 16.1. The van der Waals surface area contributed by atoms with Crippen LogP contribution < -0.4 is 5.32 Å². The molecule has 0 unspecified atom stereocenters. The first-order chi connectivity index (χ1) is 13.9. The largest absolute Gasteiger partial charge is 0.436 e. The molecule has 0 saturated heterocycles. The fourth-order valence-electron chi connectivity index (χ4n) is 2.75. The summed E-state index contributed by atoms with van der Waals surface area (Å²) >= 11 is 12.1. The molecule has 0 saturated carbocycles. The van der Waals surface area contributed by atoms with Crippen LogP contribution in [0.2, 0.25) is 10.0 Å². The van der Waals surface area contributed by atoms with Gasteiger partial charge in [-0.1, -0.05) is 23.2 Å².